The largest absolute Gasteiger partial charge is 0.410 e. The third kappa shape index (κ3) is 1.58. The lowest BCUT2D eigenvalue weighted by atomic mass is 10.0. The molecule has 1 N–H and O–H groups in total. The second kappa shape index (κ2) is 4.07. The fraction of sp³-hybridized carbons (Fsp3) is 0.0833. The molecule has 1 aromatic heterocycles. The molecule has 0 bridgehead atoms. The summed E-state index contributed by atoms with van der Waals surface area (Å²) in [5.41, 5.74) is 1.80. The van der Waals surface area contributed by atoms with Crippen LogP contribution >= 0.6 is 11.3 Å². The van der Waals surface area contributed by atoms with E-state index in [0.717, 1.165) is 0 Å². The van der Waals surface area contributed by atoms with Crippen LogP contribution in [0.15, 0.2) is 45.1 Å². The predicted molar refractivity (Wildman–Crippen MR) is 73.8 cm³/mol. The fourth-order valence-electron chi connectivity index (χ4n) is 2.14. The number of hydrogen-bond donors (Lipinski definition) is 1. The number of anilines is 1. The molecule has 1 aliphatic rings. The summed E-state index contributed by atoms with van der Waals surface area (Å²) in [5, 5.41) is 15.8. The molecule has 0 fully saturated rings. The van der Waals surface area contributed by atoms with Crippen molar-refractivity contribution in [2.24, 2.45) is 5.16 Å². The van der Waals surface area contributed by atoms with Crippen molar-refractivity contribution < 1.29 is 13.6 Å². The summed E-state index contributed by atoms with van der Waals surface area (Å²) in [4.78, 5) is 0.170. The van der Waals surface area contributed by atoms with Crippen LogP contribution in [0.5, 0.6) is 0 Å². The van der Waals surface area contributed by atoms with Gasteiger partial charge in [0.2, 0.25) is 0 Å². The zero-order valence-electron chi connectivity index (χ0n) is 9.94. The predicted octanol–water partition coefficient (Wildman–Crippen LogP) is 2.11. The smallest absolute Gasteiger partial charge is 0.265 e. The summed E-state index contributed by atoms with van der Waals surface area (Å²) >= 11 is 1.26. The SMILES string of the molecule is CN1c2ccccc2/C(=N\O)c2cscc2S1(=O)=O. The molecule has 98 valence electrons. The Kier molecular flexibility index (Phi) is 2.61. The highest BCUT2D eigenvalue weighted by Crippen LogP contribution is 2.35. The molecule has 0 amide bonds. The third-order valence-corrected chi connectivity index (χ3v) is 5.82. The van der Waals surface area contributed by atoms with Crippen molar-refractivity contribution in [2.75, 3.05) is 11.4 Å². The molecule has 0 atom stereocenters. The van der Waals surface area contributed by atoms with Crippen LogP contribution in [-0.4, -0.2) is 26.4 Å². The molecule has 0 radical (unpaired) electrons. The van der Waals surface area contributed by atoms with Gasteiger partial charge >= 0.3 is 0 Å². The van der Waals surface area contributed by atoms with Crippen LogP contribution in [-0.2, 0) is 10.0 Å². The number of sulfonamides is 1. The number of para-hydroxylation sites is 1. The van der Waals surface area contributed by atoms with Crippen molar-refractivity contribution in [3.05, 3.63) is 46.2 Å². The number of nitrogens with zero attached hydrogens (tertiary/aromatic N) is 2. The van der Waals surface area contributed by atoms with Gasteiger partial charge in [-0.15, -0.1) is 0 Å². The van der Waals surface area contributed by atoms with Gasteiger partial charge in [-0.25, -0.2) is 8.42 Å². The lowest BCUT2D eigenvalue weighted by molar-refractivity contribution is 0.319. The summed E-state index contributed by atoms with van der Waals surface area (Å²) in [7, 11) is -2.12. The second-order valence-corrected chi connectivity index (χ2v) is 6.77. The van der Waals surface area contributed by atoms with E-state index >= 15 is 0 Å². The molecule has 0 spiro atoms. The molecule has 0 aliphatic carbocycles. The highest BCUT2D eigenvalue weighted by Gasteiger charge is 2.33. The molecule has 2 aromatic rings. The molecule has 0 saturated carbocycles. The van der Waals surface area contributed by atoms with E-state index in [-0.39, 0.29) is 10.6 Å². The molecule has 1 aliphatic heterocycles. The molecule has 5 nitrogen and oxygen atoms in total. The number of thiophene rings is 1. The molecular formula is C12H10N2O3S2. The maximum absolute atomic E-state index is 12.5. The van der Waals surface area contributed by atoms with E-state index in [1.54, 1.807) is 35.0 Å². The zero-order valence-corrected chi connectivity index (χ0v) is 11.6. The summed E-state index contributed by atoms with van der Waals surface area (Å²) < 4.78 is 26.2. The Bertz CT molecular complexity index is 778. The lowest BCUT2D eigenvalue weighted by Crippen LogP contribution is -2.26. The van der Waals surface area contributed by atoms with Crippen LogP contribution in [0.3, 0.4) is 0 Å². The maximum Gasteiger partial charge on any atom is 0.265 e. The van der Waals surface area contributed by atoms with Gasteiger partial charge in [-0.3, -0.25) is 4.31 Å². The highest BCUT2D eigenvalue weighted by molar-refractivity contribution is 7.93. The van der Waals surface area contributed by atoms with E-state index in [4.69, 9.17) is 0 Å². The summed E-state index contributed by atoms with van der Waals surface area (Å²) in [6.07, 6.45) is 0. The van der Waals surface area contributed by atoms with E-state index in [0.29, 0.717) is 16.8 Å². The Morgan fingerprint density at radius 2 is 1.95 bits per heavy atom. The number of rotatable bonds is 0. The Morgan fingerprint density at radius 1 is 1.21 bits per heavy atom. The number of benzene rings is 1. The van der Waals surface area contributed by atoms with Crippen molar-refractivity contribution in [2.45, 2.75) is 4.90 Å². The Morgan fingerprint density at radius 3 is 2.68 bits per heavy atom. The van der Waals surface area contributed by atoms with Gasteiger partial charge in [-0.05, 0) is 6.07 Å². The molecular weight excluding hydrogens is 284 g/mol. The molecule has 0 saturated heterocycles. The van der Waals surface area contributed by atoms with Crippen LogP contribution in [0.1, 0.15) is 11.1 Å². The summed E-state index contributed by atoms with van der Waals surface area (Å²) in [6.45, 7) is 0. The number of hydrogen-bond acceptors (Lipinski definition) is 5. The van der Waals surface area contributed by atoms with Crippen molar-refractivity contribution in [3.8, 4) is 0 Å². The van der Waals surface area contributed by atoms with Crippen molar-refractivity contribution in [1.82, 2.24) is 0 Å². The summed E-state index contributed by atoms with van der Waals surface area (Å²) in [5.74, 6) is 0. The first-order valence-electron chi connectivity index (χ1n) is 5.44. The zero-order chi connectivity index (χ0) is 13.6. The van der Waals surface area contributed by atoms with Gasteiger partial charge in [0.1, 0.15) is 10.6 Å². The molecule has 2 heterocycles. The molecule has 0 unspecified atom stereocenters. The average molecular weight is 294 g/mol. The molecule has 7 heteroatoms. The first-order valence-corrected chi connectivity index (χ1v) is 7.82. The first-order chi connectivity index (χ1) is 9.07. The lowest BCUT2D eigenvalue weighted by Gasteiger charge is -2.18. The monoisotopic (exact) mass is 294 g/mol. The molecule has 19 heavy (non-hydrogen) atoms. The van der Waals surface area contributed by atoms with Gasteiger partial charge in [0.15, 0.2) is 0 Å². The Hall–Kier alpha value is -1.86. The van der Waals surface area contributed by atoms with E-state index in [1.807, 2.05) is 0 Å². The standard InChI is InChI=1S/C12H10N2O3S2/c1-14-10-5-3-2-4-8(10)12(13-15)9-6-18-7-11(9)19(14,16)17/h2-7,15H,1H3/b13-12+. The molecule has 1 aromatic carbocycles. The Balaban J connectivity index is 2.46. The van der Waals surface area contributed by atoms with Crippen molar-refractivity contribution in [1.29, 1.82) is 0 Å². The normalized spacial score (nSPS) is 18.8. The topological polar surface area (TPSA) is 70.0 Å². The van der Waals surface area contributed by atoms with Crippen LogP contribution in [0.2, 0.25) is 0 Å². The minimum atomic E-state index is -3.62. The third-order valence-electron chi connectivity index (χ3n) is 3.12. The van der Waals surface area contributed by atoms with Gasteiger partial charge in [0.05, 0.1) is 5.69 Å². The van der Waals surface area contributed by atoms with Crippen molar-refractivity contribution in [3.63, 3.8) is 0 Å². The quantitative estimate of drug-likeness (QED) is 0.597. The van der Waals surface area contributed by atoms with Crippen LogP contribution < -0.4 is 4.31 Å². The van der Waals surface area contributed by atoms with E-state index < -0.39 is 10.0 Å². The minimum Gasteiger partial charge on any atom is -0.410 e. The first kappa shape index (κ1) is 12.2. The summed E-state index contributed by atoms with van der Waals surface area (Å²) in [6, 6.07) is 6.96. The van der Waals surface area contributed by atoms with Crippen LogP contribution in [0.25, 0.3) is 0 Å². The van der Waals surface area contributed by atoms with Gasteiger partial charge in [-0.2, -0.15) is 11.3 Å². The van der Waals surface area contributed by atoms with E-state index in [1.165, 1.54) is 22.7 Å². The van der Waals surface area contributed by atoms with Gasteiger partial charge in [0.25, 0.3) is 10.0 Å². The van der Waals surface area contributed by atoms with E-state index in [2.05, 4.69) is 5.16 Å². The van der Waals surface area contributed by atoms with Crippen LogP contribution in [0, 0.1) is 0 Å². The number of oxime groups is 1. The van der Waals surface area contributed by atoms with Crippen molar-refractivity contribution >= 4 is 32.8 Å². The maximum atomic E-state index is 12.5. The minimum absolute atomic E-state index is 0.170. The number of fused-ring (bicyclic) bond motifs is 2. The second-order valence-electron chi connectivity index (χ2n) is 4.09. The average Bonchev–Trinajstić information content (AvgIpc) is 2.87. The van der Waals surface area contributed by atoms with Crippen LogP contribution in [0.4, 0.5) is 5.69 Å². The van der Waals surface area contributed by atoms with Gasteiger partial charge in [0, 0.05) is 28.9 Å². The molecule has 3 rings (SSSR count). The van der Waals surface area contributed by atoms with E-state index in [9.17, 15) is 13.6 Å². The highest BCUT2D eigenvalue weighted by atomic mass is 32.2. The Labute approximate surface area is 114 Å². The van der Waals surface area contributed by atoms with Gasteiger partial charge < -0.3 is 5.21 Å². The fourth-order valence-corrected chi connectivity index (χ4v) is 4.70. The van der Waals surface area contributed by atoms with Gasteiger partial charge in [-0.1, -0.05) is 23.4 Å².